The first-order valence-electron chi connectivity index (χ1n) is 5.29. The number of hydrogen-bond acceptors (Lipinski definition) is 3. The summed E-state index contributed by atoms with van der Waals surface area (Å²) in [5.74, 6) is -0.709. The van der Waals surface area contributed by atoms with Crippen molar-refractivity contribution < 1.29 is 14.3 Å². The van der Waals surface area contributed by atoms with Gasteiger partial charge in [-0.05, 0) is 25.0 Å². The van der Waals surface area contributed by atoms with E-state index in [9.17, 15) is 9.59 Å². The van der Waals surface area contributed by atoms with Crippen LogP contribution >= 0.6 is 0 Å². The molecule has 3 heteroatoms. The molecule has 1 unspecified atom stereocenters. The maximum atomic E-state index is 12.0. The van der Waals surface area contributed by atoms with Gasteiger partial charge in [-0.1, -0.05) is 17.7 Å². The summed E-state index contributed by atoms with van der Waals surface area (Å²) in [6.07, 6.45) is 0.524. The van der Waals surface area contributed by atoms with Crippen molar-refractivity contribution in [1.29, 1.82) is 0 Å². The largest absolute Gasteiger partial charge is 0.377 e. The van der Waals surface area contributed by atoms with Crippen LogP contribution < -0.4 is 0 Å². The second-order valence-corrected chi connectivity index (χ2v) is 4.18. The van der Waals surface area contributed by atoms with E-state index in [1.165, 1.54) is 7.11 Å². The minimum Gasteiger partial charge on any atom is -0.377 e. The fraction of sp³-hybridized carbons (Fsp3) is 0.385. The van der Waals surface area contributed by atoms with Crippen LogP contribution in [0.1, 0.15) is 21.5 Å². The maximum Gasteiger partial charge on any atom is 0.174 e. The SMILES string of the molecule is COCC(=O)C1Cc2ccc(C)cc2C1=O. The molecular weight excluding hydrogens is 204 g/mol. The Morgan fingerprint density at radius 3 is 2.94 bits per heavy atom. The molecule has 0 aromatic heterocycles. The van der Waals surface area contributed by atoms with Gasteiger partial charge in [0.15, 0.2) is 11.6 Å². The first-order valence-corrected chi connectivity index (χ1v) is 5.29. The second kappa shape index (κ2) is 4.18. The van der Waals surface area contributed by atoms with Crippen molar-refractivity contribution in [3.8, 4) is 0 Å². The predicted octanol–water partition coefficient (Wildman–Crippen LogP) is 1.57. The molecule has 0 bridgehead atoms. The van der Waals surface area contributed by atoms with Gasteiger partial charge >= 0.3 is 0 Å². The number of ketones is 2. The highest BCUT2D eigenvalue weighted by molar-refractivity contribution is 6.14. The van der Waals surface area contributed by atoms with E-state index in [1.54, 1.807) is 0 Å². The number of Topliss-reactive ketones (excluding diaryl/α,β-unsaturated/α-hetero) is 2. The molecule has 0 aliphatic heterocycles. The molecule has 1 atom stereocenters. The standard InChI is InChI=1S/C13H14O3/c1-8-3-4-9-6-11(12(14)7-16-2)13(15)10(9)5-8/h3-5,11H,6-7H2,1-2H3. The van der Waals surface area contributed by atoms with Crippen LogP contribution in [0.3, 0.4) is 0 Å². The van der Waals surface area contributed by atoms with Crippen LogP contribution in [0.2, 0.25) is 0 Å². The molecular formula is C13H14O3. The highest BCUT2D eigenvalue weighted by atomic mass is 16.5. The molecule has 1 aromatic carbocycles. The van der Waals surface area contributed by atoms with E-state index in [4.69, 9.17) is 4.74 Å². The minimum atomic E-state index is -0.531. The van der Waals surface area contributed by atoms with Gasteiger partial charge in [0.25, 0.3) is 0 Å². The Labute approximate surface area is 94.4 Å². The Kier molecular flexibility index (Phi) is 2.88. The zero-order chi connectivity index (χ0) is 11.7. The fourth-order valence-electron chi connectivity index (χ4n) is 2.10. The van der Waals surface area contributed by atoms with Crippen molar-refractivity contribution in [3.05, 3.63) is 34.9 Å². The number of ether oxygens (including phenoxy) is 1. The van der Waals surface area contributed by atoms with Gasteiger partial charge in [0.2, 0.25) is 0 Å². The monoisotopic (exact) mass is 218 g/mol. The number of fused-ring (bicyclic) bond motifs is 1. The summed E-state index contributed by atoms with van der Waals surface area (Å²) < 4.78 is 4.79. The van der Waals surface area contributed by atoms with E-state index in [-0.39, 0.29) is 18.2 Å². The van der Waals surface area contributed by atoms with E-state index in [0.29, 0.717) is 12.0 Å². The number of hydrogen-bond donors (Lipinski definition) is 0. The van der Waals surface area contributed by atoms with Gasteiger partial charge in [0, 0.05) is 12.7 Å². The average Bonchev–Trinajstić information content (AvgIpc) is 2.57. The molecule has 0 N–H and O–H groups in total. The van der Waals surface area contributed by atoms with Gasteiger partial charge in [-0.15, -0.1) is 0 Å². The molecule has 1 aromatic rings. The van der Waals surface area contributed by atoms with E-state index in [0.717, 1.165) is 11.1 Å². The molecule has 0 radical (unpaired) electrons. The van der Waals surface area contributed by atoms with Crippen LogP contribution in [-0.2, 0) is 16.0 Å². The lowest BCUT2D eigenvalue weighted by Crippen LogP contribution is -2.24. The third kappa shape index (κ3) is 1.78. The smallest absolute Gasteiger partial charge is 0.174 e. The first kappa shape index (κ1) is 11.0. The van der Waals surface area contributed by atoms with Crippen LogP contribution in [0.25, 0.3) is 0 Å². The number of benzene rings is 1. The molecule has 2 rings (SSSR count). The minimum absolute atomic E-state index is 0.0172. The summed E-state index contributed by atoms with van der Waals surface area (Å²) >= 11 is 0. The van der Waals surface area contributed by atoms with Crippen molar-refractivity contribution in [3.63, 3.8) is 0 Å². The number of carbonyl (C=O) groups is 2. The number of rotatable bonds is 3. The molecule has 0 saturated heterocycles. The molecule has 0 saturated carbocycles. The zero-order valence-corrected chi connectivity index (χ0v) is 9.45. The molecule has 0 amide bonds. The summed E-state index contributed by atoms with van der Waals surface area (Å²) in [7, 11) is 1.47. The third-order valence-electron chi connectivity index (χ3n) is 2.95. The summed E-state index contributed by atoms with van der Waals surface area (Å²) in [5.41, 5.74) is 2.73. The van der Waals surface area contributed by atoms with Gasteiger partial charge in [0.05, 0.1) is 5.92 Å². The Bertz CT molecular complexity index is 448. The van der Waals surface area contributed by atoms with Crippen molar-refractivity contribution in [2.75, 3.05) is 13.7 Å². The topological polar surface area (TPSA) is 43.4 Å². The number of methoxy groups -OCH3 is 1. The van der Waals surface area contributed by atoms with Crippen molar-refractivity contribution in [1.82, 2.24) is 0 Å². The lowest BCUT2D eigenvalue weighted by molar-refractivity contribution is -0.124. The first-order chi connectivity index (χ1) is 7.63. The van der Waals surface area contributed by atoms with Crippen LogP contribution in [0.5, 0.6) is 0 Å². The van der Waals surface area contributed by atoms with Gasteiger partial charge in [-0.2, -0.15) is 0 Å². The van der Waals surface area contributed by atoms with Gasteiger partial charge in [0.1, 0.15) is 6.61 Å². The Morgan fingerprint density at radius 1 is 1.50 bits per heavy atom. The van der Waals surface area contributed by atoms with E-state index >= 15 is 0 Å². The van der Waals surface area contributed by atoms with E-state index < -0.39 is 5.92 Å². The lowest BCUT2D eigenvalue weighted by Gasteiger charge is -2.04. The summed E-state index contributed by atoms with van der Waals surface area (Å²) in [6, 6.07) is 5.76. The molecule has 84 valence electrons. The van der Waals surface area contributed by atoms with Gasteiger partial charge in [-0.25, -0.2) is 0 Å². The molecule has 0 spiro atoms. The highest BCUT2D eigenvalue weighted by Gasteiger charge is 2.35. The summed E-state index contributed by atoms with van der Waals surface area (Å²) in [5, 5.41) is 0. The van der Waals surface area contributed by atoms with E-state index in [2.05, 4.69) is 0 Å². The molecule has 3 nitrogen and oxygen atoms in total. The predicted molar refractivity (Wildman–Crippen MR) is 59.6 cm³/mol. The normalized spacial score (nSPS) is 18.6. The van der Waals surface area contributed by atoms with E-state index in [1.807, 2.05) is 25.1 Å². The summed E-state index contributed by atoms with van der Waals surface area (Å²) in [6.45, 7) is 1.96. The Morgan fingerprint density at radius 2 is 2.25 bits per heavy atom. The van der Waals surface area contributed by atoms with Crippen LogP contribution in [0.15, 0.2) is 18.2 Å². The second-order valence-electron chi connectivity index (χ2n) is 4.18. The Balaban J connectivity index is 2.27. The number of carbonyl (C=O) groups excluding carboxylic acids is 2. The molecule has 0 fully saturated rings. The van der Waals surface area contributed by atoms with Crippen LogP contribution in [-0.4, -0.2) is 25.3 Å². The number of aryl methyl sites for hydroxylation is 1. The lowest BCUT2D eigenvalue weighted by atomic mass is 10.0. The summed E-state index contributed by atoms with van der Waals surface area (Å²) in [4.78, 5) is 23.7. The Hall–Kier alpha value is -1.48. The molecule has 16 heavy (non-hydrogen) atoms. The van der Waals surface area contributed by atoms with Crippen molar-refractivity contribution in [2.45, 2.75) is 13.3 Å². The highest BCUT2D eigenvalue weighted by Crippen LogP contribution is 2.28. The molecule has 1 aliphatic rings. The third-order valence-corrected chi connectivity index (χ3v) is 2.95. The molecule has 1 aliphatic carbocycles. The fourth-order valence-corrected chi connectivity index (χ4v) is 2.10. The van der Waals surface area contributed by atoms with Crippen LogP contribution in [0.4, 0.5) is 0 Å². The van der Waals surface area contributed by atoms with Crippen LogP contribution in [0, 0.1) is 12.8 Å². The quantitative estimate of drug-likeness (QED) is 0.723. The van der Waals surface area contributed by atoms with Gasteiger partial charge in [-0.3, -0.25) is 9.59 Å². The van der Waals surface area contributed by atoms with Crippen molar-refractivity contribution >= 4 is 11.6 Å². The average molecular weight is 218 g/mol. The van der Waals surface area contributed by atoms with Crippen molar-refractivity contribution in [2.24, 2.45) is 5.92 Å². The van der Waals surface area contributed by atoms with Gasteiger partial charge < -0.3 is 4.74 Å². The molecule has 0 heterocycles. The maximum absolute atomic E-state index is 12.0. The zero-order valence-electron chi connectivity index (χ0n) is 9.45.